The molecule has 3 aliphatic heterocycles. The zero-order valence-electron chi connectivity index (χ0n) is 21.0. The smallest absolute Gasteiger partial charge is 0.475 e. The summed E-state index contributed by atoms with van der Waals surface area (Å²) in [5.41, 5.74) is 2.42. The molecule has 2 amide bonds. The van der Waals surface area contributed by atoms with Gasteiger partial charge in [-0.05, 0) is 44.5 Å². The zero-order chi connectivity index (χ0) is 27.6. The van der Waals surface area contributed by atoms with Gasteiger partial charge in [0.1, 0.15) is 6.04 Å². The van der Waals surface area contributed by atoms with Gasteiger partial charge in [0.2, 0.25) is 11.8 Å². The number of anilines is 1. The number of aryl methyl sites for hydroxylation is 1. The van der Waals surface area contributed by atoms with Crippen molar-refractivity contribution in [1.82, 2.24) is 24.7 Å². The van der Waals surface area contributed by atoms with E-state index in [-0.39, 0.29) is 18.0 Å². The van der Waals surface area contributed by atoms with Gasteiger partial charge in [-0.15, -0.1) is 0 Å². The highest BCUT2D eigenvalue weighted by Gasteiger charge is 2.38. The number of nitrogens with one attached hydrogen (secondary N) is 2. The van der Waals surface area contributed by atoms with Crippen LogP contribution >= 0.6 is 0 Å². The Morgan fingerprint density at radius 2 is 1.66 bits per heavy atom. The number of carbonyl (C=O) groups excluding carboxylic acids is 2. The van der Waals surface area contributed by atoms with E-state index < -0.39 is 24.1 Å². The molecular weight excluding hydrogens is 509 g/mol. The first-order valence-electron chi connectivity index (χ1n) is 12.5. The fourth-order valence-electron chi connectivity index (χ4n) is 5.40. The number of alkyl halides is 3. The summed E-state index contributed by atoms with van der Waals surface area (Å²) in [6.45, 7) is 6.06. The number of hydrogen-bond donors (Lipinski definition) is 3. The van der Waals surface area contributed by atoms with Crippen LogP contribution in [0.4, 0.5) is 18.9 Å². The van der Waals surface area contributed by atoms with Crippen molar-refractivity contribution in [2.75, 3.05) is 44.2 Å². The fraction of sp³-hybridized carbons (Fsp3) is 0.583. The van der Waals surface area contributed by atoms with Crippen LogP contribution in [0, 0.1) is 0 Å². The first kappa shape index (κ1) is 27.6. The van der Waals surface area contributed by atoms with Crippen LogP contribution in [0.1, 0.15) is 31.7 Å². The maximum absolute atomic E-state index is 13.1. The van der Waals surface area contributed by atoms with Gasteiger partial charge in [0.05, 0.1) is 16.7 Å². The Labute approximate surface area is 216 Å². The number of carboxylic acids is 1. The number of para-hydroxylation sites is 1. The average molecular weight is 541 g/mol. The number of amides is 2. The Morgan fingerprint density at radius 3 is 2.24 bits per heavy atom. The summed E-state index contributed by atoms with van der Waals surface area (Å²) in [7, 11) is 1.77. The molecule has 1 unspecified atom stereocenters. The van der Waals surface area contributed by atoms with E-state index in [2.05, 4.69) is 26.5 Å². The Kier molecular flexibility index (Phi) is 8.11. The lowest BCUT2D eigenvalue weighted by molar-refractivity contribution is -0.192. The fourth-order valence-corrected chi connectivity index (χ4v) is 5.40. The summed E-state index contributed by atoms with van der Waals surface area (Å²) in [4.78, 5) is 51.0. The van der Waals surface area contributed by atoms with Crippen LogP contribution in [0.25, 0.3) is 11.0 Å². The molecule has 1 aromatic heterocycles. The van der Waals surface area contributed by atoms with E-state index in [1.54, 1.807) is 16.2 Å². The molecule has 4 heterocycles. The van der Waals surface area contributed by atoms with Crippen molar-refractivity contribution in [2.45, 2.75) is 43.9 Å². The van der Waals surface area contributed by atoms with Crippen molar-refractivity contribution in [3.8, 4) is 0 Å². The maximum atomic E-state index is 13.1. The highest BCUT2D eigenvalue weighted by Crippen LogP contribution is 2.30. The molecule has 3 saturated heterocycles. The summed E-state index contributed by atoms with van der Waals surface area (Å²) >= 11 is 0. The number of hydrogen-bond acceptors (Lipinski definition) is 7. The molecular formula is C24H31F3N6O5. The van der Waals surface area contributed by atoms with Gasteiger partial charge in [-0.1, -0.05) is 6.07 Å². The van der Waals surface area contributed by atoms with Gasteiger partial charge < -0.3 is 15.3 Å². The lowest BCUT2D eigenvalue weighted by Crippen LogP contribution is -2.52. The van der Waals surface area contributed by atoms with Crippen molar-refractivity contribution < 1.29 is 32.7 Å². The van der Waals surface area contributed by atoms with Gasteiger partial charge >= 0.3 is 17.8 Å². The molecule has 1 aromatic carbocycles. The third kappa shape index (κ3) is 5.70. The highest BCUT2D eigenvalue weighted by molar-refractivity contribution is 6.00. The average Bonchev–Trinajstić information content (AvgIpc) is 3.14. The normalized spacial score (nSPS) is 21.7. The number of fused-ring (bicyclic) bond motifs is 1. The first-order valence-corrected chi connectivity index (χ1v) is 12.5. The van der Waals surface area contributed by atoms with Gasteiger partial charge in [0.15, 0.2) is 0 Å². The number of carboxylic acid groups (broad SMARTS) is 1. The number of aromatic nitrogens is 2. The lowest BCUT2D eigenvalue weighted by Gasteiger charge is -2.41. The highest BCUT2D eigenvalue weighted by atomic mass is 19.4. The molecule has 0 bridgehead atoms. The molecule has 11 nitrogen and oxygen atoms in total. The number of aliphatic carboxylic acids is 1. The molecule has 0 radical (unpaired) electrons. The van der Waals surface area contributed by atoms with Gasteiger partial charge in [-0.3, -0.25) is 28.9 Å². The number of rotatable bonds is 3. The second-order valence-electron chi connectivity index (χ2n) is 9.63. The standard InChI is InChI=1S/C22H30N6O3.C2HF3O2/c1-25-20-16(27-13-11-26(12-14-27)15-7-9-23-10-8-15)3-2-4-17(20)28(22(25)31)18-5-6-19(29)24-21(18)30;3-2(4,5)1(6)7/h2-4,15,18,23H,5-14H2,1H3,(H,24,29,30);(H,6,7). The van der Waals surface area contributed by atoms with E-state index >= 15 is 0 Å². The summed E-state index contributed by atoms with van der Waals surface area (Å²) in [5, 5.41) is 12.9. The van der Waals surface area contributed by atoms with Crippen LogP contribution in [0.15, 0.2) is 23.0 Å². The van der Waals surface area contributed by atoms with Gasteiger partial charge in [-0.2, -0.15) is 13.2 Å². The van der Waals surface area contributed by atoms with E-state index in [1.165, 1.54) is 12.8 Å². The van der Waals surface area contributed by atoms with E-state index in [0.717, 1.165) is 56.0 Å². The SMILES string of the molecule is Cn1c(=O)n(C2CCC(=O)NC2=O)c2cccc(N3CCN(C4CCNCC4)CC3)c21.O=C(O)C(F)(F)F. The lowest BCUT2D eigenvalue weighted by atomic mass is 10.0. The minimum Gasteiger partial charge on any atom is -0.475 e. The van der Waals surface area contributed by atoms with Crippen LogP contribution in [0.2, 0.25) is 0 Å². The largest absolute Gasteiger partial charge is 0.490 e. The zero-order valence-corrected chi connectivity index (χ0v) is 21.0. The number of imide groups is 1. The van der Waals surface area contributed by atoms with Crippen molar-refractivity contribution in [3.05, 3.63) is 28.7 Å². The van der Waals surface area contributed by atoms with Crippen molar-refractivity contribution in [3.63, 3.8) is 0 Å². The van der Waals surface area contributed by atoms with Crippen LogP contribution in [-0.2, 0) is 21.4 Å². The molecule has 5 rings (SSSR count). The van der Waals surface area contributed by atoms with E-state index in [1.807, 2.05) is 12.1 Å². The van der Waals surface area contributed by atoms with Crippen LogP contribution in [0.3, 0.4) is 0 Å². The van der Waals surface area contributed by atoms with Crippen LogP contribution in [0.5, 0.6) is 0 Å². The molecule has 3 N–H and O–H groups in total. The third-order valence-electron chi connectivity index (χ3n) is 7.33. The van der Waals surface area contributed by atoms with Gasteiger partial charge in [-0.25, -0.2) is 9.59 Å². The van der Waals surface area contributed by atoms with E-state index in [4.69, 9.17) is 9.90 Å². The van der Waals surface area contributed by atoms with Gasteiger partial charge in [0.25, 0.3) is 0 Å². The molecule has 1 atom stereocenters. The molecule has 0 spiro atoms. The number of halogens is 3. The minimum atomic E-state index is -5.08. The van der Waals surface area contributed by atoms with Gasteiger partial charge in [0, 0.05) is 45.7 Å². The molecule has 14 heteroatoms. The molecule has 3 fully saturated rings. The number of carbonyl (C=O) groups is 3. The summed E-state index contributed by atoms with van der Waals surface area (Å²) in [6, 6.07) is 5.93. The predicted octanol–water partition coefficient (Wildman–Crippen LogP) is 0.825. The molecule has 3 aliphatic rings. The van der Waals surface area contributed by atoms with E-state index in [0.29, 0.717) is 12.5 Å². The number of imidazole rings is 1. The maximum Gasteiger partial charge on any atom is 0.490 e. The van der Waals surface area contributed by atoms with Crippen molar-refractivity contribution >= 4 is 34.5 Å². The number of piperazine rings is 1. The van der Waals surface area contributed by atoms with Crippen LogP contribution < -0.4 is 21.2 Å². The molecule has 0 saturated carbocycles. The summed E-state index contributed by atoms with van der Waals surface area (Å²) < 4.78 is 34.9. The Bertz CT molecular complexity index is 1260. The summed E-state index contributed by atoms with van der Waals surface area (Å²) in [5.74, 6) is -3.43. The summed E-state index contributed by atoms with van der Waals surface area (Å²) in [6.07, 6.45) is -2.07. The molecule has 2 aromatic rings. The molecule has 0 aliphatic carbocycles. The minimum absolute atomic E-state index is 0.217. The Balaban J connectivity index is 0.000000426. The molecule has 208 valence electrons. The second-order valence-corrected chi connectivity index (χ2v) is 9.63. The third-order valence-corrected chi connectivity index (χ3v) is 7.33. The second kappa shape index (κ2) is 11.2. The molecule has 38 heavy (non-hydrogen) atoms. The Morgan fingerprint density at radius 1 is 1.03 bits per heavy atom. The topological polar surface area (TPSA) is 129 Å². The predicted molar refractivity (Wildman–Crippen MR) is 132 cm³/mol. The van der Waals surface area contributed by atoms with Crippen molar-refractivity contribution in [2.24, 2.45) is 7.05 Å². The van der Waals surface area contributed by atoms with Crippen molar-refractivity contribution in [1.29, 1.82) is 0 Å². The number of nitrogens with zero attached hydrogens (tertiary/aromatic N) is 4. The monoisotopic (exact) mass is 540 g/mol. The number of benzene rings is 1. The Hall–Kier alpha value is -3.39. The quantitative estimate of drug-likeness (QED) is 0.489. The first-order chi connectivity index (χ1) is 18.0. The van der Waals surface area contributed by atoms with Crippen LogP contribution in [-0.4, -0.2) is 88.4 Å². The number of piperidine rings is 2. The van der Waals surface area contributed by atoms with E-state index in [9.17, 15) is 27.6 Å².